The number of hydrogen-bond acceptors (Lipinski definition) is 2. The van der Waals surface area contributed by atoms with Crippen LogP contribution in [-0.4, -0.2) is 23.4 Å². The van der Waals surface area contributed by atoms with Gasteiger partial charge in [-0.15, -0.1) is 0 Å². The Morgan fingerprint density at radius 2 is 1.85 bits per heavy atom. The largest absolute Gasteiger partial charge is 0.393 e. The van der Waals surface area contributed by atoms with E-state index in [0.717, 1.165) is 31.6 Å². The van der Waals surface area contributed by atoms with Gasteiger partial charge in [-0.2, -0.15) is 0 Å². The second-order valence-corrected chi connectivity index (χ2v) is 8.50. The maximum absolute atomic E-state index is 9.82. The van der Waals surface area contributed by atoms with Gasteiger partial charge in [0.25, 0.3) is 0 Å². The van der Waals surface area contributed by atoms with Crippen LogP contribution in [-0.2, 0) is 4.74 Å². The van der Waals surface area contributed by atoms with Gasteiger partial charge in [0.05, 0.1) is 18.3 Å². The molecule has 2 nitrogen and oxygen atoms in total. The Labute approximate surface area is 124 Å². The zero-order valence-electron chi connectivity index (χ0n) is 13.7. The molecule has 3 fully saturated rings. The van der Waals surface area contributed by atoms with E-state index in [0.29, 0.717) is 29.0 Å². The van der Waals surface area contributed by atoms with E-state index in [-0.39, 0.29) is 6.10 Å². The van der Waals surface area contributed by atoms with Gasteiger partial charge in [0.15, 0.2) is 0 Å². The molecular weight excluding hydrogens is 248 g/mol. The summed E-state index contributed by atoms with van der Waals surface area (Å²) < 4.78 is 6.40. The predicted octanol–water partition coefficient (Wildman–Crippen LogP) is 4.16. The lowest BCUT2D eigenvalue weighted by atomic mass is 9.65. The Morgan fingerprint density at radius 1 is 1.10 bits per heavy atom. The molecule has 0 aromatic rings. The Bertz CT molecular complexity index is 364. The van der Waals surface area contributed by atoms with Gasteiger partial charge in [-0.1, -0.05) is 20.8 Å². The first-order valence-electron chi connectivity index (χ1n) is 8.68. The van der Waals surface area contributed by atoms with Gasteiger partial charge in [0, 0.05) is 0 Å². The fraction of sp³-hybridized carbons (Fsp3) is 1.00. The quantitative estimate of drug-likeness (QED) is 0.841. The van der Waals surface area contributed by atoms with E-state index >= 15 is 0 Å². The Kier molecular flexibility index (Phi) is 3.70. The van der Waals surface area contributed by atoms with E-state index in [1.807, 2.05) is 0 Å². The molecule has 3 rings (SSSR count). The van der Waals surface area contributed by atoms with Crippen molar-refractivity contribution in [2.24, 2.45) is 22.7 Å². The molecule has 1 N–H and O–H groups in total. The number of hydrogen-bond donors (Lipinski definition) is 1. The van der Waals surface area contributed by atoms with Crippen molar-refractivity contribution in [2.45, 2.75) is 91.0 Å². The standard InChI is InChI=1S/C18H32O2/c1-12(20-15-7-5-6-14(19)11-15)16-10-13-8-9-18(16,4)17(13,2)3/h12-16,19H,5-11H2,1-4H3/t12?,13-,14?,15?,16+,18+/m1/s1. The highest BCUT2D eigenvalue weighted by molar-refractivity contribution is 5.11. The third-order valence-electron chi connectivity index (χ3n) is 7.43. The maximum Gasteiger partial charge on any atom is 0.0603 e. The van der Waals surface area contributed by atoms with Gasteiger partial charge in [0.1, 0.15) is 0 Å². The fourth-order valence-corrected chi connectivity index (χ4v) is 5.62. The van der Waals surface area contributed by atoms with Crippen LogP contribution in [0.25, 0.3) is 0 Å². The maximum atomic E-state index is 9.82. The molecule has 0 aliphatic heterocycles. The van der Waals surface area contributed by atoms with E-state index in [1.54, 1.807) is 0 Å². The molecule has 3 unspecified atom stereocenters. The van der Waals surface area contributed by atoms with Crippen molar-refractivity contribution in [3.05, 3.63) is 0 Å². The highest BCUT2D eigenvalue weighted by Gasteiger charge is 2.62. The minimum absolute atomic E-state index is 0.131. The van der Waals surface area contributed by atoms with Crippen LogP contribution in [0.3, 0.4) is 0 Å². The Hall–Kier alpha value is -0.0800. The molecule has 3 aliphatic rings. The van der Waals surface area contributed by atoms with Crippen LogP contribution in [0.1, 0.15) is 72.6 Å². The van der Waals surface area contributed by atoms with E-state index < -0.39 is 0 Å². The number of fused-ring (bicyclic) bond motifs is 2. The van der Waals surface area contributed by atoms with Gasteiger partial charge in [0.2, 0.25) is 0 Å². The number of ether oxygens (including phenoxy) is 1. The van der Waals surface area contributed by atoms with Gasteiger partial charge in [-0.25, -0.2) is 0 Å². The van der Waals surface area contributed by atoms with E-state index in [4.69, 9.17) is 4.74 Å². The van der Waals surface area contributed by atoms with E-state index in [1.165, 1.54) is 19.3 Å². The summed E-state index contributed by atoms with van der Waals surface area (Å²) >= 11 is 0. The summed E-state index contributed by atoms with van der Waals surface area (Å²) in [5.74, 6) is 1.59. The summed E-state index contributed by atoms with van der Waals surface area (Å²) in [6.07, 6.45) is 8.70. The first-order valence-corrected chi connectivity index (χ1v) is 8.68. The number of aliphatic hydroxyl groups is 1. The lowest BCUT2D eigenvalue weighted by Crippen LogP contribution is -2.40. The van der Waals surface area contributed by atoms with Gasteiger partial charge in [-0.05, 0) is 74.5 Å². The second-order valence-electron chi connectivity index (χ2n) is 8.50. The van der Waals surface area contributed by atoms with Crippen LogP contribution in [0.4, 0.5) is 0 Å². The second kappa shape index (κ2) is 4.98. The van der Waals surface area contributed by atoms with Crippen LogP contribution in [0, 0.1) is 22.7 Å². The Balaban J connectivity index is 1.65. The molecule has 116 valence electrons. The van der Waals surface area contributed by atoms with E-state index in [9.17, 15) is 5.11 Å². The molecule has 0 aromatic carbocycles. The van der Waals surface area contributed by atoms with Crippen molar-refractivity contribution >= 4 is 0 Å². The van der Waals surface area contributed by atoms with Crippen molar-refractivity contribution in [1.82, 2.24) is 0 Å². The minimum Gasteiger partial charge on any atom is -0.393 e. The normalized spacial score (nSPS) is 48.5. The third-order valence-corrected chi connectivity index (χ3v) is 7.43. The molecule has 0 saturated heterocycles. The SMILES string of the molecule is CC(OC1CCCC(O)C1)[C@@H]1C[C@H]2CC[C@]1(C)C2(C)C. The van der Waals surface area contributed by atoms with Crippen LogP contribution in [0.5, 0.6) is 0 Å². The summed E-state index contributed by atoms with van der Waals surface area (Å²) in [7, 11) is 0. The van der Waals surface area contributed by atoms with Gasteiger partial charge < -0.3 is 9.84 Å². The van der Waals surface area contributed by atoms with Crippen molar-refractivity contribution in [2.75, 3.05) is 0 Å². The van der Waals surface area contributed by atoms with Gasteiger partial charge >= 0.3 is 0 Å². The molecule has 3 saturated carbocycles. The molecule has 6 atom stereocenters. The zero-order valence-corrected chi connectivity index (χ0v) is 13.7. The van der Waals surface area contributed by atoms with Crippen LogP contribution in [0.15, 0.2) is 0 Å². The summed E-state index contributed by atoms with van der Waals surface area (Å²) in [5, 5.41) is 9.82. The third kappa shape index (κ3) is 2.14. The molecule has 2 heteroatoms. The summed E-state index contributed by atoms with van der Waals surface area (Å²) in [6, 6.07) is 0. The first-order chi connectivity index (χ1) is 9.34. The number of aliphatic hydroxyl groups excluding tert-OH is 1. The topological polar surface area (TPSA) is 29.5 Å². The van der Waals surface area contributed by atoms with E-state index in [2.05, 4.69) is 27.7 Å². The molecular formula is C18H32O2. The molecule has 0 amide bonds. The highest BCUT2D eigenvalue weighted by atomic mass is 16.5. The summed E-state index contributed by atoms with van der Waals surface area (Å²) in [6.45, 7) is 9.73. The smallest absolute Gasteiger partial charge is 0.0603 e. The molecule has 2 bridgehead atoms. The predicted molar refractivity (Wildman–Crippen MR) is 81.5 cm³/mol. The highest BCUT2D eigenvalue weighted by Crippen LogP contribution is 2.69. The van der Waals surface area contributed by atoms with Crippen LogP contribution < -0.4 is 0 Å². The molecule has 0 heterocycles. The van der Waals surface area contributed by atoms with Crippen molar-refractivity contribution in [3.8, 4) is 0 Å². The average molecular weight is 280 g/mol. The van der Waals surface area contributed by atoms with Crippen molar-refractivity contribution in [3.63, 3.8) is 0 Å². The van der Waals surface area contributed by atoms with Crippen molar-refractivity contribution in [1.29, 1.82) is 0 Å². The molecule has 0 spiro atoms. The molecule has 0 radical (unpaired) electrons. The van der Waals surface area contributed by atoms with Gasteiger partial charge in [-0.3, -0.25) is 0 Å². The molecule has 0 aromatic heterocycles. The van der Waals surface area contributed by atoms with Crippen molar-refractivity contribution < 1.29 is 9.84 Å². The lowest BCUT2D eigenvalue weighted by molar-refractivity contribution is -0.0961. The van der Waals surface area contributed by atoms with Crippen LogP contribution >= 0.6 is 0 Å². The molecule has 20 heavy (non-hydrogen) atoms. The Morgan fingerprint density at radius 3 is 2.40 bits per heavy atom. The number of rotatable bonds is 3. The summed E-state index contributed by atoms with van der Waals surface area (Å²) in [4.78, 5) is 0. The summed E-state index contributed by atoms with van der Waals surface area (Å²) in [5.41, 5.74) is 0.922. The molecule has 3 aliphatic carbocycles. The minimum atomic E-state index is -0.131. The first kappa shape index (κ1) is 14.8. The lowest BCUT2D eigenvalue weighted by Gasteiger charge is -2.43. The average Bonchev–Trinajstić information content (AvgIpc) is 2.71. The van der Waals surface area contributed by atoms with Crippen LogP contribution in [0.2, 0.25) is 0 Å². The zero-order chi connectivity index (χ0) is 14.5. The monoisotopic (exact) mass is 280 g/mol. The fourth-order valence-electron chi connectivity index (χ4n) is 5.62.